The highest BCUT2D eigenvalue weighted by molar-refractivity contribution is 5.74. The minimum absolute atomic E-state index is 0.0701. The van der Waals surface area contributed by atoms with Gasteiger partial charge in [0.05, 0.1) is 0 Å². The Bertz CT molecular complexity index is 946. The number of benzene rings is 2. The summed E-state index contributed by atoms with van der Waals surface area (Å²) in [6.45, 7) is 9.28. The summed E-state index contributed by atoms with van der Waals surface area (Å²) >= 11 is 0. The van der Waals surface area contributed by atoms with Gasteiger partial charge in [-0.15, -0.1) is 15.0 Å². The topological polar surface area (TPSA) is 50.9 Å². The van der Waals surface area contributed by atoms with Crippen molar-refractivity contribution in [1.82, 2.24) is 15.0 Å². The zero-order valence-corrected chi connectivity index (χ0v) is 16.8. The average Bonchev–Trinajstić information content (AvgIpc) is 2.96. The minimum Gasteiger partial charge on any atom is -0.506 e. The molecule has 0 aliphatic carbocycles. The fourth-order valence-electron chi connectivity index (χ4n) is 3.53. The van der Waals surface area contributed by atoms with Crippen molar-refractivity contribution in [3.63, 3.8) is 0 Å². The largest absolute Gasteiger partial charge is 0.506 e. The molecule has 1 N–H and O–H groups in total. The van der Waals surface area contributed by atoms with Crippen LogP contribution >= 0.6 is 0 Å². The fraction of sp³-hybridized carbons (Fsp3) is 0.429. The maximum atomic E-state index is 13.4. The van der Waals surface area contributed by atoms with Crippen molar-refractivity contribution >= 4 is 11.0 Å². The first-order valence-corrected chi connectivity index (χ1v) is 8.95. The van der Waals surface area contributed by atoms with Gasteiger partial charge in [0.15, 0.2) is 0 Å². The minimum atomic E-state index is -1.75. The zero-order chi connectivity index (χ0) is 21.1. The maximum absolute atomic E-state index is 13.4. The normalized spacial score (nSPS) is 12.0. The van der Waals surface area contributed by atoms with Crippen molar-refractivity contribution in [3.8, 4) is 11.4 Å². The molecule has 0 bridgehead atoms. The molecule has 1 aromatic heterocycles. The van der Waals surface area contributed by atoms with Crippen molar-refractivity contribution in [1.29, 1.82) is 0 Å². The predicted molar refractivity (Wildman–Crippen MR) is 105 cm³/mol. The molecule has 0 atom stereocenters. The van der Waals surface area contributed by atoms with E-state index in [2.05, 4.69) is 44.8 Å². The molecule has 0 radical (unpaired) electrons. The Kier molecular flexibility index (Phi) is 6.37. The molecule has 3 rings (SSSR count). The average molecular weight is 393 g/mol. The van der Waals surface area contributed by atoms with Crippen LogP contribution in [0, 0.1) is 11.2 Å². The Morgan fingerprint density at radius 2 is 1.54 bits per heavy atom. The van der Waals surface area contributed by atoms with Crippen LogP contribution in [0.3, 0.4) is 0 Å². The summed E-state index contributed by atoms with van der Waals surface area (Å²) in [7, 11) is 0. The molecule has 152 valence electrons. The molecule has 0 saturated carbocycles. The van der Waals surface area contributed by atoms with E-state index in [-0.39, 0.29) is 22.4 Å². The number of phenols is 1. The van der Waals surface area contributed by atoms with Crippen LogP contribution < -0.4 is 0 Å². The summed E-state index contributed by atoms with van der Waals surface area (Å²) in [5.74, 6) is -0.264. The SMILES string of the molecule is CC(C)(C)CC(C)(C)c1ccc(O)c(-n2nc3ccc(F)cc3n2)c1.FCF. The third-order valence-corrected chi connectivity index (χ3v) is 4.29. The van der Waals surface area contributed by atoms with Gasteiger partial charge in [-0.1, -0.05) is 40.7 Å². The molecule has 0 fully saturated rings. The molecular weight excluding hydrogens is 367 g/mol. The van der Waals surface area contributed by atoms with Crippen molar-refractivity contribution in [3.05, 3.63) is 47.8 Å². The molecule has 2 aromatic carbocycles. The second-order valence-corrected chi connectivity index (χ2v) is 8.55. The van der Waals surface area contributed by atoms with Gasteiger partial charge in [0.1, 0.15) is 28.3 Å². The molecule has 0 saturated heterocycles. The first kappa shape index (κ1) is 21.7. The number of nitrogens with zero attached hydrogens (tertiary/aromatic N) is 3. The molecule has 0 amide bonds. The Hall–Kier alpha value is -2.57. The molecule has 4 nitrogen and oxygen atoms in total. The standard InChI is InChI=1S/C20H24FN3O.CH2F2/c1-19(2,3)12-20(4,5)13-6-9-18(25)17(10-13)24-22-15-8-7-14(21)11-16(15)23-24;2-1-3/h6-11,25H,12H2,1-5H3;1H2. The van der Waals surface area contributed by atoms with Gasteiger partial charge < -0.3 is 5.11 Å². The van der Waals surface area contributed by atoms with Gasteiger partial charge in [0.2, 0.25) is 6.93 Å². The summed E-state index contributed by atoms with van der Waals surface area (Å²) in [6, 6.07) is 9.79. The lowest BCUT2D eigenvalue weighted by Crippen LogP contribution is -2.25. The number of hydrogen-bond donors (Lipinski definition) is 1. The molecule has 0 aliphatic heterocycles. The van der Waals surface area contributed by atoms with Crippen molar-refractivity contribution in [2.24, 2.45) is 5.41 Å². The van der Waals surface area contributed by atoms with Crippen LogP contribution in [0.5, 0.6) is 5.75 Å². The summed E-state index contributed by atoms with van der Waals surface area (Å²) in [5, 5.41) is 19.0. The van der Waals surface area contributed by atoms with Crippen LogP contribution in [-0.2, 0) is 5.41 Å². The monoisotopic (exact) mass is 393 g/mol. The third-order valence-electron chi connectivity index (χ3n) is 4.29. The van der Waals surface area contributed by atoms with E-state index in [0.717, 1.165) is 12.0 Å². The molecular formula is C21H26F3N3O. The quantitative estimate of drug-likeness (QED) is 0.606. The van der Waals surface area contributed by atoms with E-state index in [9.17, 15) is 18.3 Å². The Morgan fingerprint density at radius 3 is 2.14 bits per heavy atom. The Morgan fingerprint density at radius 1 is 0.929 bits per heavy atom. The van der Waals surface area contributed by atoms with Crippen LogP contribution in [-0.4, -0.2) is 27.0 Å². The number of alkyl halides is 2. The lowest BCUT2D eigenvalue weighted by Gasteiger charge is -2.33. The summed E-state index contributed by atoms with van der Waals surface area (Å²) in [6.07, 6.45) is 0.990. The van der Waals surface area contributed by atoms with Crippen LogP contribution in [0.4, 0.5) is 13.2 Å². The molecule has 28 heavy (non-hydrogen) atoms. The van der Waals surface area contributed by atoms with Crippen LogP contribution in [0.2, 0.25) is 0 Å². The summed E-state index contributed by atoms with van der Waals surface area (Å²) in [4.78, 5) is 1.37. The summed E-state index contributed by atoms with van der Waals surface area (Å²) < 4.78 is 32.6. The molecule has 7 heteroatoms. The van der Waals surface area contributed by atoms with Gasteiger partial charge >= 0.3 is 0 Å². The lowest BCUT2D eigenvalue weighted by atomic mass is 9.72. The van der Waals surface area contributed by atoms with E-state index in [1.807, 2.05) is 12.1 Å². The van der Waals surface area contributed by atoms with Crippen molar-refractivity contribution < 1.29 is 18.3 Å². The number of halogens is 3. The third kappa shape index (κ3) is 5.24. The lowest BCUT2D eigenvalue weighted by molar-refractivity contribution is 0.284. The first-order valence-electron chi connectivity index (χ1n) is 8.95. The molecule has 0 aliphatic rings. The fourth-order valence-corrected chi connectivity index (χ4v) is 3.53. The highest BCUT2D eigenvalue weighted by atomic mass is 19.3. The van der Waals surface area contributed by atoms with E-state index in [0.29, 0.717) is 16.7 Å². The number of rotatable bonds is 3. The van der Waals surface area contributed by atoms with E-state index in [1.165, 1.54) is 16.9 Å². The highest BCUT2D eigenvalue weighted by Gasteiger charge is 2.28. The highest BCUT2D eigenvalue weighted by Crippen LogP contribution is 2.38. The second-order valence-electron chi connectivity index (χ2n) is 8.55. The first-order chi connectivity index (χ1) is 13.0. The van der Waals surface area contributed by atoms with Crippen molar-refractivity contribution in [2.75, 3.05) is 6.93 Å². The van der Waals surface area contributed by atoms with Gasteiger partial charge in [-0.05, 0) is 47.1 Å². The zero-order valence-electron chi connectivity index (χ0n) is 16.8. The number of aromatic hydroxyl groups is 1. The van der Waals surface area contributed by atoms with Crippen LogP contribution in [0.1, 0.15) is 46.6 Å². The van der Waals surface area contributed by atoms with Crippen molar-refractivity contribution in [2.45, 2.75) is 46.5 Å². The Labute approximate surface area is 163 Å². The number of aromatic nitrogens is 3. The van der Waals surface area contributed by atoms with E-state index >= 15 is 0 Å². The van der Waals surface area contributed by atoms with E-state index < -0.39 is 6.93 Å². The number of hydrogen-bond acceptors (Lipinski definition) is 3. The van der Waals surface area contributed by atoms with Gasteiger partial charge in [-0.25, -0.2) is 13.2 Å². The number of fused-ring (bicyclic) bond motifs is 1. The number of phenolic OH excluding ortho intramolecular Hbond substituents is 1. The van der Waals surface area contributed by atoms with Crippen LogP contribution in [0.15, 0.2) is 36.4 Å². The van der Waals surface area contributed by atoms with Gasteiger partial charge in [-0.2, -0.15) is 0 Å². The molecule has 1 heterocycles. The molecule has 0 unspecified atom stereocenters. The van der Waals surface area contributed by atoms with E-state index in [1.54, 1.807) is 12.1 Å². The van der Waals surface area contributed by atoms with Crippen LogP contribution in [0.25, 0.3) is 16.7 Å². The predicted octanol–water partition coefficient (Wildman–Crippen LogP) is 5.86. The van der Waals surface area contributed by atoms with Gasteiger partial charge in [0.25, 0.3) is 0 Å². The second kappa shape index (κ2) is 8.20. The smallest absolute Gasteiger partial charge is 0.229 e. The summed E-state index contributed by atoms with van der Waals surface area (Å²) in [5.41, 5.74) is 2.75. The maximum Gasteiger partial charge on any atom is 0.229 e. The van der Waals surface area contributed by atoms with E-state index in [4.69, 9.17) is 0 Å². The molecule has 0 spiro atoms. The molecule has 3 aromatic rings. The van der Waals surface area contributed by atoms with Gasteiger partial charge in [-0.3, -0.25) is 0 Å². The Balaban J connectivity index is 0.000000878. The van der Waals surface area contributed by atoms with Gasteiger partial charge in [0, 0.05) is 6.07 Å².